The van der Waals surface area contributed by atoms with E-state index in [1.54, 1.807) is 11.9 Å². The number of ether oxygens (including phenoxy) is 1. The van der Waals surface area contributed by atoms with Gasteiger partial charge < -0.3 is 9.64 Å². The number of carbonyl (C=O) groups excluding carboxylic acids is 1. The summed E-state index contributed by atoms with van der Waals surface area (Å²) in [4.78, 5) is 13.8. The molecule has 21 heavy (non-hydrogen) atoms. The predicted molar refractivity (Wildman–Crippen MR) is 77.6 cm³/mol. The molecule has 7 nitrogen and oxygen atoms in total. The van der Waals surface area contributed by atoms with Crippen LogP contribution >= 0.6 is 0 Å². The summed E-state index contributed by atoms with van der Waals surface area (Å²) in [5.41, 5.74) is 0. The molecule has 0 saturated heterocycles. The molecule has 1 amide bonds. The number of amides is 1. The Bertz CT molecular complexity index is 437. The van der Waals surface area contributed by atoms with Gasteiger partial charge in [0.15, 0.2) is 5.82 Å². The highest BCUT2D eigenvalue weighted by Crippen LogP contribution is 2.26. The van der Waals surface area contributed by atoms with Crippen LogP contribution < -0.4 is 0 Å². The molecule has 2 rings (SSSR count). The molecule has 0 spiro atoms. The number of rotatable bonds is 6. The number of aromatic amines is 1. The van der Waals surface area contributed by atoms with Crippen LogP contribution in [0.3, 0.4) is 0 Å². The van der Waals surface area contributed by atoms with Gasteiger partial charge >= 0.3 is 0 Å². The summed E-state index contributed by atoms with van der Waals surface area (Å²) in [5.74, 6) is 1.22. The highest BCUT2D eigenvalue weighted by Gasteiger charge is 2.24. The Balaban J connectivity index is 1.74. The minimum absolute atomic E-state index is 0.00289. The summed E-state index contributed by atoms with van der Waals surface area (Å²) in [6.07, 6.45) is 4.97. The Labute approximate surface area is 125 Å². The molecule has 1 aromatic rings. The zero-order valence-corrected chi connectivity index (χ0v) is 13.1. The molecule has 1 heterocycles. The van der Waals surface area contributed by atoms with Crippen molar-refractivity contribution in [2.24, 2.45) is 5.92 Å². The number of likely N-dealkylation sites (N-methyl/N-ethyl adjacent to an activating group) is 1. The third-order valence-corrected chi connectivity index (χ3v) is 4.23. The van der Waals surface area contributed by atoms with E-state index in [4.69, 9.17) is 4.74 Å². The Kier molecular flexibility index (Phi) is 5.67. The van der Waals surface area contributed by atoms with Gasteiger partial charge in [0.1, 0.15) is 6.61 Å². The normalized spacial score (nSPS) is 23.8. The van der Waals surface area contributed by atoms with Crippen molar-refractivity contribution in [3.63, 3.8) is 0 Å². The molecule has 1 aliphatic carbocycles. The van der Waals surface area contributed by atoms with E-state index in [2.05, 4.69) is 27.5 Å². The van der Waals surface area contributed by atoms with Gasteiger partial charge in [-0.3, -0.25) is 4.79 Å². The number of H-pyrrole nitrogens is 1. The highest BCUT2D eigenvalue weighted by atomic mass is 16.5. The average Bonchev–Trinajstić information content (AvgIpc) is 3.00. The predicted octanol–water partition coefficient (Wildman–Crippen LogP) is 1.36. The van der Waals surface area contributed by atoms with Gasteiger partial charge in [-0.25, -0.2) is 0 Å². The first-order chi connectivity index (χ1) is 10.1. The minimum Gasteiger partial charge on any atom is -0.368 e. The summed E-state index contributed by atoms with van der Waals surface area (Å²) < 4.78 is 5.81. The zero-order chi connectivity index (χ0) is 15.2. The fourth-order valence-corrected chi connectivity index (χ4v) is 2.79. The first-order valence-electron chi connectivity index (χ1n) is 7.66. The van der Waals surface area contributed by atoms with Crippen LogP contribution in [-0.2, 0) is 9.53 Å². The van der Waals surface area contributed by atoms with Gasteiger partial charge in [-0.1, -0.05) is 31.9 Å². The van der Waals surface area contributed by atoms with Gasteiger partial charge in [0.25, 0.3) is 0 Å². The molecule has 0 bridgehead atoms. The second kappa shape index (κ2) is 7.49. The van der Waals surface area contributed by atoms with Crippen molar-refractivity contribution in [2.75, 3.05) is 20.2 Å². The van der Waals surface area contributed by atoms with Crippen molar-refractivity contribution in [2.45, 2.75) is 51.6 Å². The largest absolute Gasteiger partial charge is 0.368 e. The molecule has 0 radical (unpaired) electrons. The van der Waals surface area contributed by atoms with E-state index in [9.17, 15) is 4.79 Å². The lowest BCUT2D eigenvalue weighted by atomic mass is 9.88. The maximum atomic E-state index is 12.1. The fourth-order valence-electron chi connectivity index (χ4n) is 2.79. The summed E-state index contributed by atoms with van der Waals surface area (Å²) >= 11 is 0. The van der Waals surface area contributed by atoms with Crippen LogP contribution in [0, 0.1) is 5.92 Å². The lowest BCUT2D eigenvalue weighted by molar-refractivity contribution is -0.139. The van der Waals surface area contributed by atoms with Crippen molar-refractivity contribution in [1.82, 2.24) is 25.5 Å². The number of tetrazole rings is 1. The average molecular weight is 295 g/mol. The third kappa shape index (κ3) is 4.49. The van der Waals surface area contributed by atoms with Gasteiger partial charge in [0, 0.05) is 19.5 Å². The quantitative estimate of drug-likeness (QED) is 0.856. The Morgan fingerprint density at radius 3 is 2.90 bits per heavy atom. The van der Waals surface area contributed by atoms with E-state index >= 15 is 0 Å². The lowest BCUT2D eigenvalue weighted by Gasteiger charge is -2.29. The molecule has 3 atom stereocenters. The molecule has 0 aliphatic heterocycles. The van der Waals surface area contributed by atoms with Crippen LogP contribution in [0.1, 0.15) is 51.3 Å². The Hall–Kier alpha value is -1.50. The summed E-state index contributed by atoms with van der Waals surface area (Å²) in [7, 11) is 1.78. The molecule has 1 fully saturated rings. The number of nitrogens with one attached hydrogen (secondary N) is 1. The number of aromatic nitrogens is 4. The summed E-state index contributed by atoms with van der Waals surface area (Å²) in [6.45, 7) is 4.89. The van der Waals surface area contributed by atoms with E-state index in [1.807, 2.05) is 6.92 Å². The Morgan fingerprint density at radius 2 is 2.24 bits per heavy atom. The maximum absolute atomic E-state index is 12.1. The highest BCUT2D eigenvalue weighted by molar-refractivity contribution is 5.77. The molecular weight excluding hydrogens is 270 g/mol. The van der Waals surface area contributed by atoms with Gasteiger partial charge in [0.05, 0.1) is 6.10 Å². The van der Waals surface area contributed by atoms with E-state index in [-0.39, 0.29) is 24.5 Å². The summed E-state index contributed by atoms with van der Waals surface area (Å²) in [6, 6.07) is 0. The first kappa shape index (κ1) is 15.9. The molecule has 0 aromatic carbocycles. The van der Waals surface area contributed by atoms with E-state index in [0.29, 0.717) is 18.3 Å². The molecule has 1 aliphatic rings. The maximum Gasteiger partial charge on any atom is 0.248 e. The fraction of sp³-hybridized carbons (Fsp3) is 0.857. The molecule has 1 N–H and O–H groups in total. The monoisotopic (exact) mass is 295 g/mol. The number of hydrogen-bond donors (Lipinski definition) is 1. The molecule has 118 valence electrons. The van der Waals surface area contributed by atoms with Crippen LogP contribution in [0.2, 0.25) is 0 Å². The zero-order valence-electron chi connectivity index (χ0n) is 13.1. The minimum atomic E-state index is 0.00289. The second-order valence-corrected chi connectivity index (χ2v) is 6.06. The molecule has 7 heteroatoms. The van der Waals surface area contributed by atoms with E-state index < -0.39 is 0 Å². The van der Waals surface area contributed by atoms with Crippen molar-refractivity contribution in [3.05, 3.63) is 5.82 Å². The SMILES string of the molecule is C[C@H](CN(C)C(=O)CO[C@H]1CCCC[C@H]1C)c1nn[nH]n1. The van der Waals surface area contributed by atoms with Crippen molar-refractivity contribution in [1.29, 1.82) is 0 Å². The third-order valence-electron chi connectivity index (χ3n) is 4.23. The number of carbonyl (C=O) groups is 1. The second-order valence-electron chi connectivity index (χ2n) is 6.06. The van der Waals surface area contributed by atoms with Crippen LogP contribution in [0.5, 0.6) is 0 Å². The molecule has 1 saturated carbocycles. The van der Waals surface area contributed by atoms with Crippen molar-refractivity contribution in [3.8, 4) is 0 Å². The number of nitrogens with zero attached hydrogens (tertiary/aromatic N) is 4. The van der Waals surface area contributed by atoms with Crippen LogP contribution in [0.15, 0.2) is 0 Å². The molecule has 0 unspecified atom stereocenters. The van der Waals surface area contributed by atoms with E-state index in [1.165, 1.54) is 19.3 Å². The van der Waals surface area contributed by atoms with Crippen molar-refractivity contribution >= 4 is 5.91 Å². The lowest BCUT2D eigenvalue weighted by Crippen LogP contribution is -2.36. The molecule has 1 aromatic heterocycles. The van der Waals surface area contributed by atoms with Crippen LogP contribution in [0.4, 0.5) is 0 Å². The smallest absolute Gasteiger partial charge is 0.248 e. The topological polar surface area (TPSA) is 84.0 Å². The van der Waals surface area contributed by atoms with Gasteiger partial charge in [0.2, 0.25) is 5.91 Å². The van der Waals surface area contributed by atoms with Crippen LogP contribution in [0.25, 0.3) is 0 Å². The standard InChI is InChI=1S/C14H25N5O2/c1-10-6-4-5-7-12(10)21-9-13(20)19(3)8-11(2)14-15-17-18-16-14/h10-12H,4-9H2,1-3H3,(H,15,16,17,18)/t10-,11-,12+/m1/s1. The van der Waals surface area contributed by atoms with Crippen LogP contribution in [-0.4, -0.2) is 57.7 Å². The van der Waals surface area contributed by atoms with Gasteiger partial charge in [-0.2, -0.15) is 5.21 Å². The van der Waals surface area contributed by atoms with Gasteiger partial charge in [-0.15, -0.1) is 10.2 Å². The Morgan fingerprint density at radius 1 is 1.48 bits per heavy atom. The number of hydrogen-bond acceptors (Lipinski definition) is 5. The molecular formula is C14H25N5O2. The summed E-state index contributed by atoms with van der Waals surface area (Å²) in [5, 5.41) is 13.8. The first-order valence-corrected chi connectivity index (χ1v) is 7.66. The van der Waals surface area contributed by atoms with Gasteiger partial charge in [-0.05, 0) is 18.8 Å². The van der Waals surface area contributed by atoms with Crippen molar-refractivity contribution < 1.29 is 9.53 Å². The van der Waals surface area contributed by atoms with E-state index in [0.717, 1.165) is 6.42 Å².